The first-order valence-electron chi connectivity index (χ1n) is 11.3. The molecular weight excluding hydrogens is 526 g/mol. The summed E-state index contributed by atoms with van der Waals surface area (Å²) >= 11 is 3.50. The molecule has 1 N–H and O–H groups in total. The van der Waals surface area contributed by atoms with E-state index < -0.39 is 17.8 Å². The lowest BCUT2D eigenvalue weighted by Crippen LogP contribution is -2.53. The molecule has 0 aliphatic carbocycles. The number of para-hydroxylation sites is 1. The van der Waals surface area contributed by atoms with Crippen molar-refractivity contribution in [1.82, 2.24) is 14.8 Å². The minimum absolute atomic E-state index is 0.0775. The zero-order valence-corrected chi connectivity index (χ0v) is 20.9. The molecule has 9 heteroatoms. The lowest BCUT2D eigenvalue weighted by molar-refractivity contribution is -0.130. The maximum absolute atomic E-state index is 13.1. The quantitative estimate of drug-likeness (QED) is 0.258. The number of hydrogen-bond acceptors (Lipinski definition) is 5. The van der Waals surface area contributed by atoms with Crippen molar-refractivity contribution in [3.05, 3.63) is 94.0 Å². The van der Waals surface area contributed by atoms with Gasteiger partial charge in [-0.05, 0) is 55.0 Å². The van der Waals surface area contributed by atoms with Gasteiger partial charge in [0.05, 0.1) is 19.4 Å². The van der Waals surface area contributed by atoms with Gasteiger partial charge in [-0.1, -0.05) is 34.1 Å². The van der Waals surface area contributed by atoms with E-state index in [0.717, 1.165) is 31.6 Å². The Balaban J connectivity index is 1.45. The number of ether oxygens (including phenoxy) is 1. The van der Waals surface area contributed by atoms with E-state index in [0.29, 0.717) is 24.5 Å². The van der Waals surface area contributed by atoms with Gasteiger partial charge in [-0.15, -0.1) is 0 Å². The first-order chi connectivity index (χ1) is 17.4. The normalized spacial score (nSPS) is 15.1. The van der Waals surface area contributed by atoms with Gasteiger partial charge in [0.25, 0.3) is 11.8 Å². The highest BCUT2D eigenvalue weighted by atomic mass is 79.9. The molecular formula is C27H22BrN3O5. The Labute approximate surface area is 215 Å². The summed E-state index contributed by atoms with van der Waals surface area (Å²) in [6.07, 6.45) is 4.85. The smallest absolute Gasteiger partial charge is 0.331 e. The summed E-state index contributed by atoms with van der Waals surface area (Å²) < 4.78 is 14.1. The summed E-state index contributed by atoms with van der Waals surface area (Å²) in [4.78, 5) is 39.1. The maximum Gasteiger partial charge on any atom is 0.331 e. The minimum atomic E-state index is -0.780. The second kappa shape index (κ2) is 9.87. The fraction of sp³-hybridized carbons (Fsp3) is 0.148. The number of halogens is 1. The van der Waals surface area contributed by atoms with Crippen molar-refractivity contribution in [3.8, 4) is 5.75 Å². The summed E-state index contributed by atoms with van der Waals surface area (Å²) in [6, 6.07) is 16.2. The zero-order valence-electron chi connectivity index (χ0n) is 19.4. The van der Waals surface area contributed by atoms with Crippen LogP contribution >= 0.6 is 15.9 Å². The van der Waals surface area contributed by atoms with Crippen molar-refractivity contribution in [1.29, 1.82) is 0 Å². The minimum Gasteiger partial charge on any atom is -0.491 e. The number of aromatic nitrogens is 1. The van der Waals surface area contributed by atoms with Gasteiger partial charge in [0, 0.05) is 27.1 Å². The molecule has 0 radical (unpaired) electrons. The highest BCUT2D eigenvalue weighted by Crippen LogP contribution is 2.28. The number of carbonyl (C=O) groups excluding carboxylic acids is 3. The first kappa shape index (κ1) is 23.6. The lowest BCUT2D eigenvalue weighted by Gasteiger charge is -2.25. The van der Waals surface area contributed by atoms with Crippen molar-refractivity contribution >= 4 is 50.8 Å². The monoisotopic (exact) mass is 547 g/mol. The summed E-state index contributed by atoms with van der Waals surface area (Å²) in [5.74, 6) is -0.162. The molecule has 4 amide bonds. The number of barbiturate groups is 1. The maximum atomic E-state index is 13.1. The number of rotatable bonds is 7. The molecule has 8 nitrogen and oxygen atoms in total. The van der Waals surface area contributed by atoms with E-state index in [1.165, 1.54) is 12.3 Å². The number of aryl methyl sites for hydroxylation is 1. The van der Waals surface area contributed by atoms with Crippen molar-refractivity contribution in [2.24, 2.45) is 0 Å². The Morgan fingerprint density at radius 3 is 2.69 bits per heavy atom. The zero-order chi connectivity index (χ0) is 25.2. The summed E-state index contributed by atoms with van der Waals surface area (Å²) in [7, 11) is 0. The van der Waals surface area contributed by atoms with Crippen molar-refractivity contribution < 1.29 is 23.5 Å². The predicted octanol–water partition coefficient (Wildman–Crippen LogP) is 5.05. The first-order valence-corrected chi connectivity index (χ1v) is 12.1. The van der Waals surface area contributed by atoms with E-state index in [9.17, 15) is 14.4 Å². The summed E-state index contributed by atoms with van der Waals surface area (Å²) in [5.41, 5.74) is 2.52. The largest absolute Gasteiger partial charge is 0.491 e. The Morgan fingerprint density at radius 1 is 1.08 bits per heavy atom. The average Bonchev–Trinajstić information content (AvgIpc) is 3.48. The van der Waals surface area contributed by atoms with Crippen molar-refractivity contribution in [3.63, 3.8) is 0 Å². The molecule has 0 atom stereocenters. The van der Waals surface area contributed by atoms with Crippen LogP contribution in [0.4, 0.5) is 4.79 Å². The summed E-state index contributed by atoms with van der Waals surface area (Å²) in [6.45, 7) is 2.91. The number of fused-ring (bicyclic) bond motifs is 1. The van der Waals surface area contributed by atoms with Gasteiger partial charge in [-0.2, -0.15) is 0 Å². The number of nitrogens with one attached hydrogen (secondary N) is 1. The van der Waals surface area contributed by atoms with Gasteiger partial charge in [-0.25, -0.2) is 4.79 Å². The van der Waals surface area contributed by atoms with Crippen LogP contribution in [0, 0.1) is 6.92 Å². The van der Waals surface area contributed by atoms with Crippen LogP contribution < -0.4 is 10.1 Å². The van der Waals surface area contributed by atoms with E-state index in [1.807, 2.05) is 60.2 Å². The molecule has 1 fully saturated rings. The molecule has 36 heavy (non-hydrogen) atoms. The third-order valence-electron chi connectivity index (χ3n) is 5.94. The SMILES string of the molecule is Cc1ccccc1OCCn1cc(/C=C2\C(=O)NC(=O)N(Cc3ccco3)C2=O)c2cc(Br)ccc21. The van der Waals surface area contributed by atoms with E-state index >= 15 is 0 Å². The molecule has 1 saturated heterocycles. The standard InChI is InChI=1S/C27H22BrN3O5/c1-17-5-2-3-7-24(17)36-12-10-30-15-18(21-14-19(28)8-9-23(21)30)13-22-25(32)29-27(34)31(26(22)33)16-20-6-4-11-35-20/h2-9,11,13-15H,10,12,16H2,1H3,(H,29,32,34)/b22-13+. The van der Waals surface area contributed by atoms with Gasteiger partial charge in [0.1, 0.15) is 23.7 Å². The molecule has 4 aromatic rings. The van der Waals surface area contributed by atoms with Gasteiger partial charge in [0.15, 0.2) is 0 Å². The summed E-state index contributed by atoms with van der Waals surface area (Å²) in [5, 5.41) is 3.10. The molecule has 0 saturated carbocycles. The highest BCUT2D eigenvalue weighted by Gasteiger charge is 2.36. The average molecular weight is 548 g/mol. The van der Waals surface area contributed by atoms with Crippen LogP contribution in [-0.2, 0) is 22.7 Å². The van der Waals surface area contributed by atoms with E-state index in [2.05, 4.69) is 21.2 Å². The number of benzene rings is 2. The van der Waals surface area contributed by atoms with Gasteiger partial charge in [0.2, 0.25) is 0 Å². The van der Waals surface area contributed by atoms with Gasteiger partial charge in [-0.3, -0.25) is 19.8 Å². The number of urea groups is 1. The van der Waals surface area contributed by atoms with Crippen LogP contribution in [0.2, 0.25) is 0 Å². The van der Waals surface area contributed by atoms with Crippen LogP contribution in [-0.4, -0.2) is 33.9 Å². The Kier molecular flexibility index (Phi) is 6.47. The number of imide groups is 2. The number of nitrogens with zero attached hydrogens (tertiary/aromatic N) is 2. The lowest BCUT2D eigenvalue weighted by atomic mass is 10.1. The topological polar surface area (TPSA) is 93.8 Å². The third kappa shape index (κ3) is 4.70. The van der Waals surface area contributed by atoms with Crippen LogP contribution in [0.5, 0.6) is 5.75 Å². The van der Waals surface area contributed by atoms with E-state index in [4.69, 9.17) is 9.15 Å². The molecule has 2 aromatic carbocycles. The van der Waals surface area contributed by atoms with Crippen LogP contribution in [0.1, 0.15) is 16.9 Å². The molecule has 3 heterocycles. The molecule has 1 aliphatic heterocycles. The Morgan fingerprint density at radius 2 is 1.92 bits per heavy atom. The molecule has 5 rings (SSSR count). The number of hydrogen-bond donors (Lipinski definition) is 1. The molecule has 0 spiro atoms. The van der Waals surface area contributed by atoms with Crippen LogP contribution in [0.15, 0.2) is 81.5 Å². The Bertz CT molecular complexity index is 1500. The fourth-order valence-corrected chi connectivity index (χ4v) is 4.48. The third-order valence-corrected chi connectivity index (χ3v) is 6.43. The molecule has 1 aliphatic rings. The van der Waals surface area contributed by atoms with Crippen molar-refractivity contribution in [2.75, 3.05) is 6.61 Å². The number of carbonyl (C=O) groups is 3. The van der Waals surface area contributed by atoms with Gasteiger partial charge >= 0.3 is 6.03 Å². The second-order valence-corrected chi connectivity index (χ2v) is 9.26. The molecule has 2 aromatic heterocycles. The van der Waals surface area contributed by atoms with Gasteiger partial charge < -0.3 is 13.7 Å². The molecule has 0 bridgehead atoms. The number of furan rings is 1. The fourth-order valence-electron chi connectivity index (χ4n) is 4.12. The second-order valence-electron chi connectivity index (χ2n) is 8.34. The van der Waals surface area contributed by atoms with E-state index in [1.54, 1.807) is 12.1 Å². The predicted molar refractivity (Wildman–Crippen MR) is 137 cm³/mol. The van der Waals surface area contributed by atoms with E-state index in [-0.39, 0.29) is 12.1 Å². The van der Waals surface area contributed by atoms with Crippen LogP contribution in [0.3, 0.4) is 0 Å². The molecule has 0 unspecified atom stereocenters. The Hall–Kier alpha value is -4.11. The molecule has 182 valence electrons. The van der Waals surface area contributed by atoms with Crippen molar-refractivity contribution in [2.45, 2.75) is 20.0 Å². The number of amides is 4. The van der Waals surface area contributed by atoms with Crippen LogP contribution in [0.25, 0.3) is 17.0 Å². The highest BCUT2D eigenvalue weighted by molar-refractivity contribution is 9.10.